The number of carbonyl (C=O) groups is 1. The van der Waals surface area contributed by atoms with E-state index in [1.807, 2.05) is 30.5 Å². The summed E-state index contributed by atoms with van der Waals surface area (Å²) in [6, 6.07) is 8.09. The van der Waals surface area contributed by atoms with Crippen LogP contribution in [0.1, 0.15) is 35.2 Å². The van der Waals surface area contributed by atoms with Crippen LogP contribution < -0.4 is 11.1 Å². The molecule has 0 unspecified atom stereocenters. The van der Waals surface area contributed by atoms with Gasteiger partial charge in [0.05, 0.1) is 17.4 Å². The van der Waals surface area contributed by atoms with Crippen molar-refractivity contribution in [3.63, 3.8) is 0 Å². The van der Waals surface area contributed by atoms with Crippen molar-refractivity contribution in [1.82, 2.24) is 20.0 Å². The van der Waals surface area contributed by atoms with Gasteiger partial charge in [-0.2, -0.15) is 5.10 Å². The summed E-state index contributed by atoms with van der Waals surface area (Å²) >= 11 is 0. The molecule has 0 aliphatic carbocycles. The third-order valence-corrected chi connectivity index (χ3v) is 4.70. The summed E-state index contributed by atoms with van der Waals surface area (Å²) in [4.78, 5) is 15.0. The first-order valence-corrected chi connectivity index (χ1v) is 8.50. The van der Waals surface area contributed by atoms with Crippen LogP contribution in [0.5, 0.6) is 0 Å². The van der Waals surface area contributed by atoms with E-state index in [4.69, 9.17) is 5.73 Å². The lowest BCUT2D eigenvalue weighted by molar-refractivity contribution is 0.0950. The van der Waals surface area contributed by atoms with Gasteiger partial charge < -0.3 is 16.0 Å². The molecule has 128 valence electrons. The molecule has 1 atom stereocenters. The first-order valence-electron chi connectivity index (χ1n) is 8.50. The molecule has 6 heteroatoms. The quantitative estimate of drug-likeness (QED) is 0.844. The summed E-state index contributed by atoms with van der Waals surface area (Å²) in [5, 5.41) is 7.35. The van der Waals surface area contributed by atoms with Gasteiger partial charge in [-0.1, -0.05) is 12.1 Å². The van der Waals surface area contributed by atoms with Gasteiger partial charge in [-0.25, -0.2) is 4.68 Å². The van der Waals surface area contributed by atoms with Crippen molar-refractivity contribution >= 4 is 5.91 Å². The molecule has 0 bridgehead atoms. The van der Waals surface area contributed by atoms with Gasteiger partial charge in [0, 0.05) is 30.9 Å². The van der Waals surface area contributed by atoms with Gasteiger partial charge in [0.1, 0.15) is 0 Å². The lowest BCUT2D eigenvalue weighted by Crippen LogP contribution is -2.32. The van der Waals surface area contributed by atoms with Crippen LogP contribution in [0.3, 0.4) is 0 Å². The molecule has 3 N–H and O–H groups in total. The van der Waals surface area contributed by atoms with Crippen molar-refractivity contribution in [2.45, 2.75) is 31.8 Å². The summed E-state index contributed by atoms with van der Waals surface area (Å²) in [5.41, 5.74) is 7.98. The first-order chi connectivity index (χ1) is 11.7. The Hall–Kier alpha value is -2.18. The number of para-hydroxylation sites is 1. The van der Waals surface area contributed by atoms with Crippen molar-refractivity contribution in [3.05, 3.63) is 47.8 Å². The van der Waals surface area contributed by atoms with E-state index >= 15 is 0 Å². The Bertz CT molecular complexity index is 696. The second-order valence-electron chi connectivity index (χ2n) is 6.34. The largest absolute Gasteiger partial charge is 0.352 e. The van der Waals surface area contributed by atoms with Crippen LogP contribution in [0.25, 0.3) is 5.69 Å². The van der Waals surface area contributed by atoms with E-state index in [0.29, 0.717) is 24.7 Å². The molecule has 3 rings (SSSR count). The minimum absolute atomic E-state index is 0.0592. The number of benzene rings is 1. The number of aromatic nitrogens is 2. The van der Waals surface area contributed by atoms with Crippen molar-refractivity contribution in [3.8, 4) is 5.69 Å². The SMILES string of the molecule is CN1CCC[C@H]1CCNC(=O)c1ccccc1-n1cc(CN)cn1. The number of hydrogen-bond acceptors (Lipinski definition) is 4. The number of rotatable bonds is 6. The zero-order valence-electron chi connectivity index (χ0n) is 14.1. The predicted molar refractivity (Wildman–Crippen MR) is 94.1 cm³/mol. The molecule has 6 nitrogen and oxygen atoms in total. The van der Waals surface area contributed by atoms with Crippen LogP contribution in [0, 0.1) is 0 Å². The summed E-state index contributed by atoms with van der Waals surface area (Å²) in [6.07, 6.45) is 7.05. The molecule has 1 aliphatic heterocycles. The van der Waals surface area contributed by atoms with Crippen molar-refractivity contribution in [2.24, 2.45) is 5.73 Å². The fourth-order valence-electron chi connectivity index (χ4n) is 3.25. The van der Waals surface area contributed by atoms with E-state index in [9.17, 15) is 4.79 Å². The smallest absolute Gasteiger partial charge is 0.253 e. The van der Waals surface area contributed by atoms with Gasteiger partial charge in [0.2, 0.25) is 0 Å². The fourth-order valence-corrected chi connectivity index (χ4v) is 3.25. The zero-order valence-corrected chi connectivity index (χ0v) is 14.1. The van der Waals surface area contributed by atoms with E-state index in [1.54, 1.807) is 10.9 Å². The Morgan fingerprint density at radius 3 is 2.96 bits per heavy atom. The van der Waals surface area contributed by atoms with Gasteiger partial charge in [-0.15, -0.1) is 0 Å². The highest BCUT2D eigenvalue weighted by Crippen LogP contribution is 2.18. The van der Waals surface area contributed by atoms with Crippen LogP contribution in [-0.4, -0.2) is 46.8 Å². The Morgan fingerprint density at radius 2 is 2.25 bits per heavy atom. The molecule has 1 aromatic carbocycles. The number of likely N-dealkylation sites (tertiary alicyclic amines) is 1. The van der Waals surface area contributed by atoms with E-state index < -0.39 is 0 Å². The average molecular weight is 327 g/mol. The second kappa shape index (κ2) is 7.59. The molecular weight excluding hydrogens is 302 g/mol. The van der Waals surface area contributed by atoms with Crippen LogP contribution in [0.2, 0.25) is 0 Å². The zero-order chi connectivity index (χ0) is 16.9. The summed E-state index contributed by atoms with van der Waals surface area (Å²) in [6.45, 7) is 2.28. The average Bonchev–Trinajstić information content (AvgIpc) is 3.24. The Balaban J connectivity index is 1.66. The topological polar surface area (TPSA) is 76.2 Å². The number of carbonyl (C=O) groups excluding carboxylic acids is 1. The van der Waals surface area contributed by atoms with Gasteiger partial charge >= 0.3 is 0 Å². The number of nitrogens with zero attached hydrogens (tertiary/aromatic N) is 3. The highest BCUT2D eigenvalue weighted by Gasteiger charge is 2.20. The van der Waals surface area contributed by atoms with Crippen LogP contribution >= 0.6 is 0 Å². The second-order valence-corrected chi connectivity index (χ2v) is 6.34. The van der Waals surface area contributed by atoms with Crippen LogP contribution in [0.15, 0.2) is 36.7 Å². The molecular formula is C18H25N5O. The van der Waals surface area contributed by atoms with Crippen LogP contribution in [-0.2, 0) is 6.54 Å². The number of amides is 1. The molecule has 0 saturated carbocycles. The molecule has 1 aromatic heterocycles. The monoisotopic (exact) mass is 327 g/mol. The minimum atomic E-state index is -0.0592. The Morgan fingerprint density at radius 1 is 1.42 bits per heavy atom. The molecule has 1 fully saturated rings. The van der Waals surface area contributed by atoms with E-state index in [0.717, 1.165) is 24.2 Å². The van der Waals surface area contributed by atoms with Gasteiger partial charge in [0.15, 0.2) is 0 Å². The number of nitrogens with one attached hydrogen (secondary N) is 1. The lowest BCUT2D eigenvalue weighted by atomic mass is 10.1. The Kier molecular flexibility index (Phi) is 5.27. The molecule has 1 saturated heterocycles. The molecule has 0 radical (unpaired) electrons. The molecule has 2 aromatic rings. The van der Waals surface area contributed by atoms with Crippen molar-refractivity contribution in [2.75, 3.05) is 20.1 Å². The third kappa shape index (κ3) is 3.66. The molecule has 1 aliphatic rings. The molecule has 1 amide bonds. The minimum Gasteiger partial charge on any atom is -0.352 e. The number of nitrogens with two attached hydrogens (primary N) is 1. The molecule has 2 heterocycles. The third-order valence-electron chi connectivity index (χ3n) is 4.70. The van der Waals surface area contributed by atoms with Gasteiger partial charge in [0.25, 0.3) is 5.91 Å². The molecule has 0 spiro atoms. The Labute approximate surface area is 142 Å². The predicted octanol–water partition coefficient (Wildman–Crippen LogP) is 1.55. The van der Waals surface area contributed by atoms with Gasteiger partial charge in [-0.05, 0) is 45.0 Å². The highest BCUT2D eigenvalue weighted by molar-refractivity contribution is 5.97. The maximum atomic E-state index is 12.6. The normalized spacial score (nSPS) is 18.0. The van der Waals surface area contributed by atoms with Gasteiger partial charge in [-0.3, -0.25) is 4.79 Å². The van der Waals surface area contributed by atoms with E-state index in [1.165, 1.54) is 12.8 Å². The summed E-state index contributed by atoms with van der Waals surface area (Å²) in [7, 11) is 2.15. The standard InChI is InChI=1S/C18H25N5O/c1-22-10-4-5-15(22)8-9-20-18(24)16-6-2-3-7-17(16)23-13-14(11-19)12-21-23/h2-3,6-7,12-13,15H,4-5,8-11,19H2,1H3,(H,20,24)/t15-/m0/s1. The maximum absolute atomic E-state index is 12.6. The lowest BCUT2D eigenvalue weighted by Gasteiger charge is -2.19. The van der Waals surface area contributed by atoms with E-state index in [-0.39, 0.29) is 5.91 Å². The highest BCUT2D eigenvalue weighted by atomic mass is 16.1. The van der Waals surface area contributed by atoms with Crippen molar-refractivity contribution < 1.29 is 4.79 Å². The summed E-state index contributed by atoms with van der Waals surface area (Å²) in [5.74, 6) is -0.0592. The number of hydrogen-bond donors (Lipinski definition) is 2. The fraction of sp³-hybridized carbons (Fsp3) is 0.444. The first kappa shape index (κ1) is 16.7. The summed E-state index contributed by atoms with van der Waals surface area (Å²) < 4.78 is 1.71. The van der Waals surface area contributed by atoms with E-state index in [2.05, 4.69) is 22.4 Å². The van der Waals surface area contributed by atoms with Crippen molar-refractivity contribution in [1.29, 1.82) is 0 Å². The van der Waals surface area contributed by atoms with Crippen LogP contribution in [0.4, 0.5) is 0 Å². The molecule has 24 heavy (non-hydrogen) atoms. The maximum Gasteiger partial charge on any atom is 0.253 e.